The zero-order valence-corrected chi connectivity index (χ0v) is 19.2. The molecule has 0 radical (unpaired) electrons. The van der Waals surface area contributed by atoms with Crippen LogP contribution in [-0.4, -0.2) is 35.0 Å². The number of nitrogens with one attached hydrogen (secondary N) is 1. The molecule has 8 heteroatoms. The van der Waals surface area contributed by atoms with Gasteiger partial charge < -0.3 is 0 Å². The third kappa shape index (κ3) is 4.54. The van der Waals surface area contributed by atoms with Gasteiger partial charge in [0.05, 0.1) is 12.1 Å². The Kier molecular flexibility index (Phi) is 5.78. The van der Waals surface area contributed by atoms with Gasteiger partial charge in [-0.15, -0.1) is 10.2 Å². The molecule has 0 atom stereocenters. The summed E-state index contributed by atoms with van der Waals surface area (Å²) in [6, 6.07) is 16.3. The first-order valence-corrected chi connectivity index (χ1v) is 10.8. The first-order valence-electron chi connectivity index (χ1n) is 10.8. The highest BCUT2D eigenvalue weighted by Gasteiger charge is 2.23. The molecule has 0 bridgehead atoms. The van der Waals surface area contributed by atoms with Crippen LogP contribution in [0.25, 0.3) is 22.5 Å². The van der Waals surface area contributed by atoms with Crippen LogP contribution in [-0.2, 0) is 18.5 Å². The second-order valence-corrected chi connectivity index (χ2v) is 9.48. The van der Waals surface area contributed by atoms with E-state index in [1.54, 1.807) is 9.25 Å². The average Bonchev–Trinajstić information content (AvgIpc) is 3.38. The van der Waals surface area contributed by atoms with E-state index in [-0.39, 0.29) is 11.2 Å². The molecule has 4 aromatic rings. The summed E-state index contributed by atoms with van der Waals surface area (Å²) < 4.78 is 3.40. The molecule has 1 N–H and O–H groups in total. The van der Waals surface area contributed by atoms with Gasteiger partial charge in [0.2, 0.25) is 5.82 Å². The van der Waals surface area contributed by atoms with Crippen molar-refractivity contribution in [3.8, 4) is 22.5 Å². The van der Waals surface area contributed by atoms with Crippen molar-refractivity contribution in [2.75, 3.05) is 0 Å². The number of nitrogens with zero attached hydrogens (tertiary/aromatic N) is 6. The number of H-pyrrole nitrogens is 1. The average molecular weight is 432 g/mol. The lowest BCUT2D eigenvalue weighted by Gasteiger charge is -2.17. The van der Waals surface area contributed by atoms with E-state index in [2.05, 4.69) is 69.9 Å². The molecule has 0 saturated heterocycles. The zero-order chi connectivity index (χ0) is 22.9. The normalized spacial score (nSPS) is 11.9. The molecule has 166 valence electrons. The standard InChI is InChI=1S/C24H29N7O/c1-16(2)13-21-27-31(24(3,4)5)23(32)30(21)15-17-9-11-18(12-10-17)19-7-6-8-20(14-19)22-25-28-29-26-22/h6-12,14,16H,13,15H2,1-5H3,(H,25,26,28,29). The molecular formula is C24H29N7O. The van der Waals surface area contributed by atoms with Crippen LogP contribution in [0.1, 0.15) is 46.0 Å². The minimum absolute atomic E-state index is 0.0648. The van der Waals surface area contributed by atoms with Crippen molar-refractivity contribution in [1.29, 1.82) is 0 Å². The van der Waals surface area contributed by atoms with Gasteiger partial charge in [-0.25, -0.2) is 9.48 Å². The van der Waals surface area contributed by atoms with E-state index in [1.165, 1.54) is 0 Å². The third-order valence-electron chi connectivity index (χ3n) is 5.26. The van der Waals surface area contributed by atoms with Crippen molar-refractivity contribution in [3.05, 3.63) is 70.4 Å². The number of rotatable bonds is 6. The van der Waals surface area contributed by atoms with E-state index in [0.29, 0.717) is 18.3 Å². The maximum Gasteiger partial charge on any atom is 0.346 e. The molecule has 2 aromatic carbocycles. The summed E-state index contributed by atoms with van der Waals surface area (Å²) in [4.78, 5) is 13.1. The predicted octanol–water partition coefficient (Wildman–Crippen LogP) is 3.89. The second kappa shape index (κ2) is 8.53. The second-order valence-electron chi connectivity index (χ2n) is 9.48. The molecule has 0 amide bonds. The lowest BCUT2D eigenvalue weighted by atomic mass is 10.0. The van der Waals surface area contributed by atoms with Crippen molar-refractivity contribution in [2.45, 2.75) is 53.1 Å². The Morgan fingerprint density at radius 3 is 2.34 bits per heavy atom. The number of tetrazole rings is 1. The summed E-state index contributed by atoms with van der Waals surface area (Å²) in [7, 11) is 0. The zero-order valence-electron chi connectivity index (χ0n) is 19.2. The molecule has 2 heterocycles. The summed E-state index contributed by atoms with van der Waals surface area (Å²) in [5, 5.41) is 18.9. The van der Waals surface area contributed by atoms with Crippen LogP contribution in [0.2, 0.25) is 0 Å². The summed E-state index contributed by atoms with van der Waals surface area (Å²) in [5.74, 6) is 1.81. The van der Waals surface area contributed by atoms with E-state index in [9.17, 15) is 4.79 Å². The molecule has 32 heavy (non-hydrogen) atoms. The van der Waals surface area contributed by atoms with Gasteiger partial charge in [0.25, 0.3) is 0 Å². The first-order chi connectivity index (χ1) is 15.2. The molecule has 4 rings (SSSR count). The molecular weight excluding hydrogens is 402 g/mol. The minimum Gasteiger partial charge on any atom is -0.274 e. The number of benzene rings is 2. The summed E-state index contributed by atoms with van der Waals surface area (Å²) in [6.45, 7) is 10.8. The Morgan fingerprint density at radius 2 is 1.72 bits per heavy atom. The van der Waals surface area contributed by atoms with Gasteiger partial charge in [-0.2, -0.15) is 10.3 Å². The van der Waals surface area contributed by atoms with Crippen LogP contribution >= 0.6 is 0 Å². The Morgan fingerprint density at radius 1 is 1.00 bits per heavy atom. The molecule has 8 nitrogen and oxygen atoms in total. The molecule has 0 spiro atoms. The number of hydrogen-bond donors (Lipinski definition) is 1. The van der Waals surface area contributed by atoms with Crippen molar-refractivity contribution in [1.82, 2.24) is 35.0 Å². The Bertz CT molecular complexity index is 1240. The lowest BCUT2D eigenvalue weighted by molar-refractivity contribution is 0.339. The minimum atomic E-state index is -0.359. The van der Waals surface area contributed by atoms with Crippen molar-refractivity contribution >= 4 is 0 Å². The molecule has 2 aromatic heterocycles. The SMILES string of the molecule is CC(C)Cc1nn(C(C)(C)C)c(=O)n1Cc1ccc(-c2cccc(-c3nn[nH]n3)c2)cc1. The Balaban J connectivity index is 1.62. The molecule has 0 saturated carbocycles. The van der Waals surface area contributed by atoms with Crippen LogP contribution < -0.4 is 5.69 Å². The van der Waals surface area contributed by atoms with E-state index in [4.69, 9.17) is 0 Å². The molecule has 0 aliphatic rings. The Labute approximate surface area is 187 Å². The van der Waals surface area contributed by atoms with E-state index >= 15 is 0 Å². The van der Waals surface area contributed by atoms with Crippen molar-refractivity contribution in [3.63, 3.8) is 0 Å². The highest BCUT2D eigenvalue weighted by atomic mass is 16.2. The van der Waals surface area contributed by atoms with Crippen molar-refractivity contribution < 1.29 is 0 Å². The van der Waals surface area contributed by atoms with Gasteiger partial charge in [-0.1, -0.05) is 56.3 Å². The largest absolute Gasteiger partial charge is 0.346 e. The van der Waals surface area contributed by atoms with Gasteiger partial charge in [0.1, 0.15) is 5.82 Å². The van der Waals surface area contributed by atoms with Crippen LogP contribution in [0, 0.1) is 5.92 Å². The molecule has 0 aliphatic carbocycles. The number of hydrogen-bond acceptors (Lipinski definition) is 5. The Hall–Kier alpha value is -3.55. The van der Waals surface area contributed by atoms with Gasteiger partial charge in [-0.3, -0.25) is 4.57 Å². The maximum atomic E-state index is 13.1. The predicted molar refractivity (Wildman–Crippen MR) is 124 cm³/mol. The smallest absolute Gasteiger partial charge is 0.274 e. The summed E-state index contributed by atoms with van der Waals surface area (Å²) >= 11 is 0. The fourth-order valence-corrected chi connectivity index (χ4v) is 3.66. The molecule has 0 unspecified atom stereocenters. The van der Waals surface area contributed by atoms with Gasteiger partial charge in [0, 0.05) is 12.0 Å². The van der Waals surface area contributed by atoms with E-state index < -0.39 is 0 Å². The van der Waals surface area contributed by atoms with Crippen LogP contribution in [0.3, 0.4) is 0 Å². The van der Waals surface area contributed by atoms with Crippen molar-refractivity contribution in [2.24, 2.45) is 5.92 Å². The molecule has 0 fully saturated rings. The highest BCUT2D eigenvalue weighted by Crippen LogP contribution is 2.25. The topological polar surface area (TPSA) is 94.3 Å². The number of aromatic nitrogens is 7. The fraction of sp³-hybridized carbons (Fsp3) is 0.375. The van der Waals surface area contributed by atoms with Crippen LogP contribution in [0.5, 0.6) is 0 Å². The third-order valence-corrected chi connectivity index (χ3v) is 5.26. The maximum absolute atomic E-state index is 13.1. The van der Waals surface area contributed by atoms with Crippen LogP contribution in [0.4, 0.5) is 0 Å². The number of aromatic amines is 1. The van der Waals surface area contributed by atoms with Gasteiger partial charge in [-0.05, 0) is 54.7 Å². The van der Waals surface area contributed by atoms with E-state index in [0.717, 1.165) is 34.5 Å². The van der Waals surface area contributed by atoms with Gasteiger partial charge >= 0.3 is 5.69 Å². The first kappa shape index (κ1) is 21.7. The molecule has 0 aliphatic heterocycles. The van der Waals surface area contributed by atoms with Crippen LogP contribution in [0.15, 0.2) is 53.3 Å². The quantitative estimate of drug-likeness (QED) is 0.500. The monoisotopic (exact) mass is 431 g/mol. The summed E-state index contributed by atoms with van der Waals surface area (Å²) in [5.41, 5.74) is 3.69. The lowest BCUT2D eigenvalue weighted by Crippen LogP contribution is -2.36. The highest BCUT2D eigenvalue weighted by molar-refractivity contribution is 5.70. The summed E-state index contributed by atoms with van der Waals surface area (Å²) in [6.07, 6.45) is 0.763. The fourth-order valence-electron chi connectivity index (χ4n) is 3.66. The van der Waals surface area contributed by atoms with Gasteiger partial charge in [0.15, 0.2) is 0 Å². The van der Waals surface area contributed by atoms with E-state index in [1.807, 2.05) is 39.0 Å².